The molecule has 0 unspecified atom stereocenters. The van der Waals surface area contributed by atoms with Crippen LogP contribution < -0.4 is 11.3 Å². The molecule has 2 rings (SSSR count). The van der Waals surface area contributed by atoms with Gasteiger partial charge in [0.1, 0.15) is 0 Å². The number of aromatic amines is 1. The number of carbonyl (C=O) groups excluding carboxylic acids is 1. The second-order valence-electron chi connectivity index (χ2n) is 3.83. The number of carbonyl (C=O) groups is 1. The summed E-state index contributed by atoms with van der Waals surface area (Å²) in [5.74, 6) is -0.376. The molecule has 3 N–H and O–H groups in total. The third-order valence-corrected chi connectivity index (χ3v) is 2.46. The van der Waals surface area contributed by atoms with Crippen LogP contribution in [-0.2, 0) is 6.54 Å². The van der Waals surface area contributed by atoms with Gasteiger partial charge in [-0.2, -0.15) is 4.68 Å². The largest absolute Gasteiger partial charge is 0.325 e. The third kappa shape index (κ3) is 2.19. The van der Waals surface area contributed by atoms with Gasteiger partial charge >= 0.3 is 0 Å². The van der Waals surface area contributed by atoms with Crippen LogP contribution in [-0.4, -0.2) is 15.7 Å². The Morgan fingerprint density at radius 1 is 1.41 bits per heavy atom. The lowest BCUT2D eigenvalue weighted by Crippen LogP contribution is -2.24. The zero-order valence-electron chi connectivity index (χ0n) is 9.43. The molecule has 0 aliphatic carbocycles. The Bertz CT molecular complexity index is 610. The van der Waals surface area contributed by atoms with Crippen molar-refractivity contribution in [2.75, 3.05) is 0 Å². The number of nitrogens with two attached hydrogens (primary N) is 1. The first kappa shape index (κ1) is 11.3. The molecule has 88 valence electrons. The van der Waals surface area contributed by atoms with Gasteiger partial charge in [-0.15, -0.1) is 0 Å². The van der Waals surface area contributed by atoms with E-state index >= 15 is 0 Å². The van der Waals surface area contributed by atoms with Crippen molar-refractivity contribution in [3.05, 3.63) is 57.5 Å². The predicted octanol–water partition coefficient (Wildman–Crippen LogP) is 0.632. The maximum Gasteiger partial charge on any atom is 0.279 e. The fraction of sp³-hybridized carbons (Fsp3) is 0.167. The number of aromatic nitrogens is 2. The molecule has 0 aliphatic rings. The van der Waals surface area contributed by atoms with Gasteiger partial charge in [0.2, 0.25) is 0 Å². The Morgan fingerprint density at radius 2 is 2.18 bits per heavy atom. The van der Waals surface area contributed by atoms with Crippen LogP contribution in [0.25, 0.3) is 0 Å². The van der Waals surface area contributed by atoms with Gasteiger partial charge in [-0.25, -0.2) is 0 Å². The summed E-state index contributed by atoms with van der Waals surface area (Å²) in [5, 5.41) is 2.68. The van der Waals surface area contributed by atoms with E-state index in [1.165, 1.54) is 6.07 Å². The van der Waals surface area contributed by atoms with Gasteiger partial charge in [0.15, 0.2) is 0 Å². The topological polar surface area (TPSA) is 80.9 Å². The summed E-state index contributed by atoms with van der Waals surface area (Å²) in [4.78, 5) is 23.6. The van der Waals surface area contributed by atoms with Crippen LogP contribution in [0.5, 0.6) is 0 Å². The highest BCUT2D eigenvalue weighted by molar-refractivity contribution is 5.95. The molecular formula is C12H13N3O2. The molecule has 0 atom stereocenters. The van der Waals surface area contributed by atoms with Crippen LogP contribution in [0.2, 0.25) is 0 Å². The van der Waals surface area contributed by atoms with Crippen molar-refractivity contribution in [3.8, 4) is 0 Å². The maximum atomic E-state index is 12.0. The lowest BCUT2D eigenvalue weighted by molar-refractivity contribution is 0.0941. The molecule has 0 amide bonds. The first-order chi connectivity index (χ1) is 8.11. The molecule has 5 nitrogen and oxygen atoms in total. The van der Waals surface area contributed by atoms with Crippen molar-refractivity contribution < 1.29 is 4.79 Å². The first-order valence-electron chi connectivity index (χ1n) is 5.24. The van der Waals surface area contributed by atoms with Gasteiger partial charge in [0.25, 0.3) is 11.5 Å². The van der Waals surface area contributed by atoms with Gasteiger partial charge in [0, 0.05) is 18.2 Å². The van der Waals surface area contributed by atoms with Crippen LogP contribution in [0.15, 0.2) is 35.1 Å². The van der Waals surface area contributed by atoms with Crippen LogP contribution in [0.3, 0.4) is 0 Å². The van der Waals surface area contributed by atoms with E-state index in [-0.39, 0.29) is 12.5 Å². The Labute approximate surface area is 97.9 Å². The van der Waals surface area contributed by atoms with Crippen LogP contribution in [0.4, 0.5) is 0 Å². The number of nitrogens with one attached hydrogen (secondary N) is 1. The summed E-state index contributed by atoms with van der Waals surface area (Å²) < 4.78 is 0.969. The van der Waals surface area contributed by atoms with E-state index in [0.29, 0.717) is 11.3 Å². The minimum absolute atomic E-state index is 0.198. The van der Waals surface area contributed by atoms with Crippen molar-refractivity contribution in [2.24, 2.45) is 5.73 Å². The number of hydrogen-bond acceptors (Lipinski definition) is 3. The second-order valence-corrected chi connectivity index (χ2v) is 3.83. The SMILES string of the molecule is Cc1cccc(C(=O)n2[nH]c(CN)cc2=O)c1. The lowest BCUT2D eigenvalue weighted by Gasteiger charge is -2.02. The zero-order valence-corrected chi connectivity index (χ0v) is 9.43. The lowest BCUT2D eigenvalue weighted by atomic mass is 10.1. The van der Waals surface area contributed by atoms with E-state index in [9.17, 15) is 9.59 Å². The molecule has 0 aliphatic heterocycles. The normalized spacial score (nSPS) is 10.5. The van der Waals surface area contributed by atoms with E-state index in [1.807, 2.05) is 13.0 Å². The number of rotatable bonds is 2. The van der Waals surface area contributed by atoms with Crippen molar-refractivity contribution in [1.82, 2.24) is 9.78 Å². The monoisotopic (exact) mass is 231 g/mol. The fourth-order valence-electron chi connectivity index (χ4n) is 1.61. The molecule has 0 spiro atoms. The standard InChI is InChI=1S/C12H13N3O2/c1-8-3-2-4-9(5-8)12(17)15-11(16)6-10(7-13)14-15/h2-6,14H,7,13H2,1H3. The fourth-order valence-corrected chi connectivity index (χ4v) is 1.61. The third-order valence-electron chi connectivity index (χ3n) is 2.46. The van der Waals surface area contributed by atoms with Gasteiger partial charge in [0.05, 0.1) is 5.69 Å². The van der Waals surface area contributed by atoms with Crippen molar-refractivity contribution in [2.45, 2.75) is 13.5 Å². The first-order valence-corrected chi connectivity index (χ1v) is 5.24. The summed E-state index contributed by atoms with van der Waals surface area (Å²) >= 11 is 0. The van der Waals surface area contributed by atoms with Gasteiger partial charge < -0.3 is 5.73 Å². The summed E-state index contributed by atoms with van der Waals surface area (Å²) in [5.41, 5.74) is 6.98. The molecule has 1 heterocycles. The Morgan fingerprint density at radius 3 is 2.76 bits per heavy atom. The molecule has 0 saturated heterocycles. The van der Waals surface area contributed by atoms with Gasteiger partial charge in [-0.05, 0) is 19.1 Å². The number of aryl methyl sites for hydroxylation is 1. The molecule has 2 aromatic rings. The second kappa shape index (κ2) is 4.39. The van der Waals surface area contributed by atoms with Crippen LogP contribution >= 0.6 is 0 Å². The summed E-state index contributed by atoms with van der Waals surface area (Å²) in [7, 11) is 0. The van der Waals surface area contributed by atoms with E-state index in [0.717, 1.165) is 10.2 Å². The Balaban J connectivity index is 2.43. The van der Waals surface area contributed by atoms with Gasteiger partial charge in [-0.1, -0.05) is 17.7 Å². The molecule has 0 bridgehead atoms. The van der Waals surface area contributed by atoms with E-state index in [4.69, 9.17) is 5.73 Å². The van der Waals surface area contributed by atoms with E-state index in [2.05, 4.69) is 5.10 Å². The van der Waals surface area contributed by atoms with Gasteiger partial charge in [-0.3, -0.25) is 14.7 Å². The quantitative estimate of drug-likeness (QED) is 0.795. The highest BCUT2D eigenvalue weighted by atomic mass is 16.2. The smallest absolute Gasteiger partial charge is 0.279 e. The molecule has 5 heteroatoms. The maximum absolute atomic E-state index is 12.0. The average molecular weight is 231 g/mol. The van der Waals surface area contributed by atoms with Crippen molar-refractivity contribution in [1.29, 1.82) is 0 Å². The number of H-pyrrole nitrogens is 1. The Hall–Kier alpha value is -2.14. The average Bonchev–Trinajstić information content (AvgIpc) is 2.69. The zero-order chi connectivity index (χ0) is 12.4. The molecule has 17 heavy (non-hydrogen) atoms. The number of hydrogen-bond donors (Lipinski definition) is 2. The summed E-state index contributed by atoms with van der Waals surface area (Å²) in [6, 6.07) is 8.40. The number of benzene rings is 1. The van der Waals surface area contributed by atoms with Crippen LogP contribution in [0.1, 0.15) is 21.6 Å². The number of nitrogens with zero attached hydrogens (tertiary/aromatic N) is 1. The molecule has 0 fully saturated rings. The minimum Gasteiger partial charge on any atom is -0.325 e. The molecule has 0 radical (unpaired) electrons. The van der Waals surface area contributed by atoms with Crippen molar-refractivity contribution >= 4 is 5.91 Å². The molecule has 0 saturated carbocycles. The van der Waals surface area contributed by atoms with Crippen LogP contribution in [0, 0.1) is 6.92 Å². The predicted molar refractivity (Wildman–Crippen MR) is 63.9 cm³/mol. The van der Waals surface area contributed by atoms with E-state index in [1.54, 1.807) is 18.2 Å². The highest BCUT2D eigenvalue weighted by Gasteiger charge is 2.12. The highest BCUT2D eigenvalue weighted by Crippen LogP contribution is 2.05. The minimum atomic E-state index is -0.392. The molecule has 1 aromatic heterocycles. The molecular weight excluding hydrogens is 218 g/mol. The van der Waals surface area contributed by atoms with E-state index < -0.39 is 5.56 Å². The molecule has 1 aromatic carbocycles. The Kier molecular flexibility index (Phi) is 2.93. The van der Waals surface area contributed by atoms with Crippen molar-refractivity contribution in [3.63, 3.8) is 0 Å². The summed E-state index contributed by atoms with van der Waals surface area (Å²) in [6.45, 7) is 2.09. The summed E-state index contributed by atoms with van der Waals surface area (Å²) in [6.07, 6.45) is 0.